The van der Waals surface area contributed by atoms with Gasteiger partial charge in [-0.2, -0.15) is 0 Å². The first kappa shape index (κ1) is 14.9. The van der Waals surface area contributed by atoms with Crippen molar-refractivity contribution in [3.63, 3.8) is 0 Å². The van der Waals surface area contributed by atoms with Crippen LogP contribution in [0.5, 0.6) is 5.88 Å². The molecule has 0 spiro atoms. The summed E-state index contributed by atoms with van der Waals surface area (Å²) in [4.78, 5) is 21.7. The minimum atomic E-state index is -0.568. The van der Waals surface area contributed by atoms with Crippen LogP contribution in [0.4, 0.5) is 5.69 Å². The van der Waals surface area contributed by atoms with Crippen LogP contribution in [0.15, 0.2) is 6.20 Å². The summed E-state index contributed by atoms with van der Waals surface area (Å²) in [5.41, 5.74) is -0.204. The van der Waals surface area contributed by atoms with Crippen molar-refractivity contribution in [1.82, 2.24) is 15.1 Å². The van der Waals surface area contributed by atoms with Crippen LogP contribution in [0.1, 0.15) is 26.7 Å². The Labute approximate surface area is 110 Å². The van der Waals surface area contributed by atoms with Gasteiger partial charge in [-0.15, -0.1) is 5.10 Å². The van der Waals surface area contributed by atoms with E-state index in [0.717, 1.165) is 6.42 Å². The van der Waals surface area contributed by atoms with Gasteiger partial charge in [0.1, 0.15) is 6.20 Å². The fourth-order valence-electron chi connectivity index (χ4n) is 1.44. The van der Waals surface area contributed by atoms with Gasteiger partial charge in [0.2, 0.25) is 5.91 Å². The monoisotopic (exact) mass is 270 g/mol. The lowest BCUT2D eigenvalue weighted by molar-refractivity contribution is -0.385. The van der Waals surface area contributed by atoms with Gasteiger partial charge in [-0.3, -0.25) is 19.6 Å². The highest BCUT2D eigenvalue weighted by atomic mass is 16.6. The Morgan fingerprint density at radius 3 is 2.84 bits per heavy atom. The van der Waals surface area contributed by atoms with Gasteiger partial charge in [0.25, 0.3) is 0 Å². The lowest BCUT2D eigenvalue weighted by Crippen LogP contribution is -2.32. The van der Waals surface area contributed by atoms with E-state index < -0.39 is 4.92 Å². The number of nitro groups is 1. The van der Waals surface area contributed by atoms with Crippen LogP contribution in [0.2, 0.25) is 0 Å². The number of rotatable bonds is 7. The van der Waals surface area contributed by atoms with Crippen LogP contribution >= 0.6 is 0 Å². The molecule has 1 atom stereocenters. The molecule has 1 amide bonds. The summed E-state index contributed by atoms with van der Waals surface area (Å²) < 4.78 is 6.14. The van der Waals surface area contributed by atoms with E-state index in [1.54, 1.807) is 0 Å². The number of hydrogen-bond donors (Lipinski definition) is 1. The summed E-state index contributed by atoms with van der Waals surface area (Å²) in [5, 5.41) is 17.4. The summed E-state index contributed by atoms with van der Waals surface area (Å²) in [7, 11) is 1.31. The number of carbonyl (C=O) groups is 1. The molecule has 0 saturated heterocycles. The number of ether oxygens (including phenoxy) is 1. The smallest absolute Gasteiger partial charge is 0.350 e. The van der Waals surface area contributed by atoms with Gasteiger partial charge in [0.05, 0.1) is 18.6 Å². The van der Waals surface area contributed by atoms with Gasteiger partial charge < -0.3 is 10.1 Å². The van der Waals surface area contributed by atoms with E-state index in [4.69, 9.17) is 4.74 Å². The number of amides is 1. The summed E-state index contributed by atoms with van der Waals surface area (Å²) in [6.45, 7) is 4.17. The average molecular weight is 270 g/mol. The highest BCUT2D eigenvalue weighted by Crippen LogP contribution is 2.23. The van der Waals surface area contributed by atoms with Crippen LogP contribution in [0, 0.1) is 10.1 Å². The Bertz CT molecular complexity index is 458. The van der Waals surface area contributed by atoms with Gasteiger partial charge in [-0.05, 0) is 13.3 Å². The molecule has 106 valence electrons. The van der Waals surface area contributed by atoms with Crippen molar-refractivity contribution >= 4 is 11.6 Å². The standard InChI is InChI=1S/C11H18N4O4/c1-4-8(2)12-10(16)5-6-14-7-9(15(17)18)11(13-14)19-3/h7-8H,4-6H2,1-3H3,(H,12,16). The molecule has 0 aromatic carbocycles. The van der Waals surface area contributed by atoms with Crippen LogP contribution in [0.3, 0.4) is 0 Å². The number of nitrogens with zero attached hydrogens (tertiary/aromatic N) is 3. The second-order valence-corrected chi connectivity index (χ2v) is 4.17. The molecule has 0 fully saturated rings. The number of carbonyl (C=O) groups excluding carboxylic acids is 1. The van der Waals surface area contributed by atoms with E-state index >= 15 is 0 Å². The average Bonchev–Trinajstić information content (AvgIpc) is 2.79. The first-order chi connectivity index (χ1) is 8.97. The molecule has 0 aliphatic heterocycles. The van der Waals surface area contributed by atoms with Crippen molar-refractivity contribution in [2.45, 2.75) is 39.3 Å². The summed E-state index contributed by atoms with van der Waals surface area (Å²) in [5.74, 6) is -0.154. The Kier molecular flexibility index (Phi) is 5.28. The minimum absolute atomic E-state index is 0.0488. The molecule has 1 unspecified atom stereocenters. The molecule has 8 heteroatoms. The number of aryl methyl sites for hydroxylation is 1. The van der Waals surface area contributed by atoms with E-state index in [-0.39, 0.29) is 36.5 Å². The van der Waals surface area contributed by atoms with E-state index in [0.29, 0.717) is 0 Å². The molecule has 19 heavy (non-hydrogen) atoms. The van der Waals surface area contributed by atoms with Gasteiger partial charge in [-0.1, -0.05) is 6.92 Å². The molecule has 1 rings (SSSR count). The van der Waals surface area contributed by atoms with Crippen LogP contribution in [-0.4, -0.2) is 33.8 Å². The fraction of sp³-hybridized carbons (Fsp3) is 0.636. The van der Waals surface area contributed by atoms with Gasteiger partial charge in [0.15, 0.2) is 0 Å². The third-order valence-corrected chi connectivity index (χ3v) is 2.69. The molecule has 0 aliphatic carbocycles. The maximum atomic E-state index is 11.6. The first-order valence-electron chi connectivity index (χ1n) is 6.03. The first-order valence-corrected chi connectivity index (χ1v) is 6.03. The van der Waals surface area contributed by atoms with E-state index in [2.05, 4.69) is 10.4 Å². The van der Waals surface area contributed by atoms with Crippen LogP contribution < -0.4 is 10.1 Å². The molecule has 0 radical (unpaired) electrons. The van der Waals surface area contributed by atoms with E-state index in [9.17, 15) is 14.9 Å². The highest BCUT2D eigenvalue weighted by molar-refractivity contribution is 5.76. The Morgan fingerprint density at radius 2 is 2.37 bits per heavy atom. The van der Waals surface area contributed by atoms with Crippen LogP contribution in [-0.2, 0) is 11.3 Å². The molecule has 1 heterocycles. The van der Waals surface area contributed by atoms with Gasteiger partial charge in [0, 0.05) is 12.5 Å². The number of nitrogens with one attached hydrogen (secondary N) is 1. The topological polar surface area (TPSA) is 99.3 Å². The largest absolute Gasteiger partial charge is 0.475 e. The molecule has 0 saturated carbocycles. The molecule has 1 aromatic rings. The second-order valence-electron chi connectivity index (χ2n) is 4.17. The van der Waals surface area contributed by atoms with Gasteiger partial charge in [-0.25, -0.2) is 0 Å². The number of hydrogen-bond acceptors (Lipinski definition) is 5. The quantitative estimate of drug-likeness (QED) is 0.591. The maximum Gasteiger partial charge on any atom is 0.350 e. The highest BCUT2D eigenvalue weighted by Gasteiger charge is 2.20. The normalized spacial score (nSPS) is 11.9. The molecule has 8 nitrogen and oxygen atoms in total. The summed E-state index contributed by atoms with van der Waals surface area (Å²) in [6.07, 6.45) is 2.33. The van der Waals surface area contributed by atoms with Crippen molar-refractivity contribution in [3.05, 3.63) is 16.3 Å². The molecule has 0 aliphatic rings. The zero-order chi connectivity index (χ0) is 14.4. The third-order valence-electron chi connectivity index (χ3n) is 2.69. The Morgan fingerprint density at radius 1 is 1.68 bits per heavy atom. The van der Waals surface area contributed by atoms with Gasteiger partial charge >= 0.3 is 11.6 Å². The lowest BCUT2D eigenvalue weighted by atomic mass is 10.2. The molecule has 1 N–H and O–H groups in total. The molecular weight excluding hydrogens is 252 g/mol. The fourth-order valence-corrected chi connectivity index (χ4v) is 1.44. The minimum Gasteiger partial charge on any atom is -0.475 e. The van der Waals surface area contributed by atoms with E-state index in [1.807, 2.05) is 13.8 Å². The van der Waals surface area contributed by atoms with Crippen molar-refractivity contribution in [1.29, 1.82) is 0 Å². The third kappa shape index (κ3) is 4.23. The van der Waals surface area contributed by atoms with Crippen molar-refractivity contribution in [2.75, 3.05) is 7.11 Å². The van der Waals surface area contributed by atoms with Crippen molar-refractivity contribution in [3.8, 4) is 5.88 Å². The molecule has 0 bridgehead atoms. The van der Waals surface area contributed by atoms with Crippen LogP contribution in [0.25, 0.3) is 0 Å². The lowest BCUT2D eigenvalue weighted by Gasteiger charge is -2.10. The predicted octanol–water partition coefficient (Wildman–Crippen LogP) is 1.10. The zero-order valence-electron chi connectivity index (χ0n) is 11.3. The summed E-state index contributed by atoms with van der Waals surface area (Å²) >= 11 is 0. The summed E-state index contributed by atoms with van der Waals surface area (Å²) in [6, 6.07) is 0.119. The van der Waals surface area contributed by atoms with E-state index in [1.165, 1.54) is 18.0 Å². The predicted molar refractivity (Wildman–Crippen MR) is 67.9 cm³/mol. The molecule has 1 aromatic heterocycles. The van der Waals surface area contributed by atoms with Crippen molar-refractivity contribution in [2.24, 2.45) is 0 Å². The molecular formula is C11H18N4O4. The zero-order valence-corrected chi connectivity index (χ0v) is 11.3. The second kappa shape index (κ2) is 6.72. The Hall–Kier alpha value is -2.12. The number of aromatic nitrogens is 2. The SMILES string of the molecule is CCC(C)NC(=O)CCn1cc([N+](=O)[O-])c(OC)n1. The Balaban J connectivity index is 2.58. The number of methoxy groups -OCH3 is 1. The van der Waals surface area contributed by atoms with Crippen molar-refractivity contribution < 1.29 is 14.5 Å². The maximum absolute atomic E-state index is 11.6.